The van der Waals surface area contributed by atoms with Gasteiger partial charge in [0.15, 0.2) is 29.1 Å². The quantitative estimate of drug-likeness (QED) is 0.0642. The predicted molar refractivity (Wildman–Crippen MR) is 211 cm³/mol. The van der Waals surface area contributed by atoms with Crippen molar-refractivity contribution in [3.63, 3.8) is 0 Å². The van der Waals surface area contributed by atoms with E-state index in [0.29, 0.717) is 0 Å². The molecule has 1 aromatic heterocycles. The van der Waals surface area contributed by atoms with Crippen LogP contribution < -0.4 is 14.2 Å². The lowest BCUT2D eigenvalue weighted by atomic mass is 9.78. The molecule has 2 saturated heterocycles. The zero-order valence-electron chi connectivity index (χ0n) is 32.8. The fraction of sp³-hybridized carbons (Fsp3) is 0.357. The zero-order chi connectivity index (χ0) is 46.0. The van der Waals surface area contributed by atoms with E-state index < -0.39 is 156 Å². The normalized spacial score (nSPS) is 30.4. The van der Waals surface area contributed by atoms with Gasteiger partial charge >= 0.3 is 11.3 Å². The number of aliphatic hydroxyl groups excluding tert-OH is 9. The Hall–Kier alpha value is -6.15. The van der Waals surface area contributed by atoms with Gasteiger partial charge in [-0.15, -0.1) is 0 Å². The van der Waals surface area contributed by atoms with Crippen LogP contribution in [0.15, 0.2) is 65.1 Å². The van der Waals surface area contributed by atoms with Crippen molar-refractivity contribution in [2.45, 2.75) is 79.5 Å². The number of phenolic OH excluding ortho intramolecular Hbond substituents is 7. The Labute approximate surface area is 359 Å². The van der Waals surface area contributed by atoms with Crippen molar-refractivity contribution in [3.05, 3.63) is 77.4 Å². The molecular formula is C42H43O22+. The van der Waals surface area contributed by atoms with Gasteiger partial charge in [0.2, 0.25) is 18.3 Å². The third kappa shape index (κ3) is 7.69. The second-order valence-corrected chi connectivity index (χ2v) is 15.5. The Morgan fingerprint density at radius 2 is 1.08 bits per heavy atom. The summed E-state index contributed by atoms with van der Waals surface area (Å²) >= 11 is 0. The lowest BCUT2D eigenvalue weighted by Crippen LogP contribution is -2.60. The maximum absolute atomic E-state index is 12.3. The van der Waals surface area contributed by atoms with Crippen molar-refractivity contribution in [3.8, 4) is 68.8 Å². The highest BCUT2D eigenvalue weighted by Crippen LogP contribution is 2.56. The van der Waals surface area contributed by atoms with Gasteiger partial charge in [0, 0.05) is 35.9 Å². The maximum atomic E-state index is 12.3. The van der Waals surface area contributed by atoms with Crippen molar-refractivity contribution in [2.75, 3.05) is 13.2 Å². The van der Waals surface area contributed by atoms with Crippen LogP contribution in [0.25, 0.3) is 22.3 Å². The molecule has 3 unspecified atom stereocenters. The highest BCUT2D eigenvalue weighted by Gasteiger charge is 2.50. The van der Waals surface area contributed by atoms with Crippen LogP contribution >= 0.6 is 0 Å². The molecule has 3 aliphatic heterocycles. The summed E-state index contributed by atoms with van der Waals surface area (Å²) in [5.74, 6) is -7.56. The number of hydrogen-bond donors (Lipinski definition) is 16. The molecule has 4 heterocycles. The number of fused-ring (bicyclic) bond motifs is 2. The fourth-order valence-corrected chi connectivity index (χ4v) is 8.04. The molecule has 4 aromatic carbocycles. The summed E-state index contributed by atoms with van der Waals surface area (Å²) in [6.45, 7) is -1.71. The van der Waals surface area contributed by atoms with Gasteiger partial charge in [0.05, 0.1) is 24.7 Å². The van der Waals surface area contributed by atoms with Crippen LogP contribution in [0, 0.1) is 0 Å². The summed E-state index contributed by atoms with van der Waals surface area (Å²) in [5.41, 5.74) is -1.10. The Kier molecular flexibility index (Phi) is 11.9. The highest BCUT2D eigenvalue weighted by molar-refractivity contribution is 5.93. The molecule has 16 N–H and O–H groups in total. The Morgan fingerprint density at radius 1 is 0.516 bits per heavy atom. The number of phenols is 7. The number of aromatic hydroxyl groups is 7. The fourth-order valence-electron chi connectivity index (χ4n) is 8.04. The van der Waals surface area contributed by atoms with E-state index in [1.165, 1.54) is 12.1 Å². The van der Waals surface area contributed by atoms with Gasteiger partial charge in [0.25, 0.3) is 0 Å². The third-order valence-electron chi connectivity index (χ3n) is 11.4. The molecular weight excluding hydrogens is 856 g/mol. The number of benzene rings is 4. The molecule has 0 aliphatic carbocycles. The van der Waals surface area contributed by atoms with E-state index in [4.69, 9.17) is 28.1 Å². The zero-order valence-corrected chi connectivity index (χ0v) is 32.8. The van der Waals surface area contributed by atoms with Gasteiger partial charge < -0.3 is 105 Å². The van der Waals surface area contributed by atoms with Gasteiger partial charge in [-0.25, -0.2) is 4.42 Å². The molecule has 0 bridgehead atoms. The summed E-state index contributed by atoms with van der Waals surface area (Å²) in [5, 5.41) is 171. The molecule has 8 rings (SSSR count). The third-order valence-corrected chi connectivity index (χ3v) is 11.4. The molecule has 0 amide bonds. The van der Waals surface area contributed by atoms with Crippen molar-refractivity contribution in [2.24, 2.45) is 0 Å². The Morgan fingerprint density at radius 3 is 1.66 bits per heavy atom. The molecule has 13 atom stereocenters. The van der Waals surface area contributed by atoms with Crippen LogP contribution in [0.5, 0.6) is 57.5 Å². The highest BCUT2D eigenvalue weighted by atomic mass is 16.7. The summed E-state index contributed by atoms with van der Waals surface area (Å²) < 4.78 is 35.8. The second-order valence-electron chi connectivity index (χ2n) is 15.5. The first-order chi connectivity index (χ1) is 30.4. The van der Waals surface area contributed by atoms with Crippen molar-refractivity contribution >= 4 is 11.0 Å². The standard InChI is InChI=1S/C42H42O22/c43-11-26-31(52)34(55)36(57)41(62-26)60-23-10-22(51)29(30-28-21(50)7-15(45)8-24(28)59-39(33(30)54)14-2-4-18(47)20(49)6-14)40-16(23)9-25(38(64-40)13-1-3-17(46)19(48)5-13)61-42-37(58)35(56)32(53)27(12-44)63-42/h1-10,26-27,30-37,39,41-44,52-58H,11-12H2,(H6-,45,46,47,48,49,50,51)/p+1/t26-,27-,30?,31-,32-,33?,34+,35+,36-,37-,39?,41-,42-/m1/s1. The molecule has 2 fully saturated rings. The smallest absolute Gasteiger partial charge is 0.402 e. The van der Waals surface area contributed by atoms with Gasteiger partial charge in [-0.2, -0.15) is 0 Å². The average Bonchev–Trinajstić information content (AvgIpc) is 3.26. The van der Waals surface area contributed by atoms with Gasteiger partial charge in [0.1, 0.15) is 94.6 Å². The summed E-state index contributed by atoms with van der Waals surface area (Å²) in [4.78, 5) is 0. The van der Waals surface area contributed by atoms with Crippen LogP contribution in [0.2, 0.25) is 0 Å². The molecule has 22 nitrogen and oxygen atoms in total. The van der Waals surface area contributed by atoms with Crippen molar-refractivity contribution in [1.29, 1.82) is 0 Å². The topological polar surface area (TPSA) is 381 Å². The van der Waals surface area contributed by atoms with Gasteiger partial charge in [-0.3, -0.25) is 0 Å². The molecule has 0 radical (unpaired) electrons. The van der Waals surface area contributed by atoms with E-state index in [2.05, 4.69) is 0 Å². The number of hydrogen-bond acceptors (Lipinski definition) is 21. The lowest BCUT2D eigenvalue weighted by molar-refractivity contribution is -0.277. The summed E-state index contributed by atoms with van der Waals surface area (Å²) in [7, 11) is 0. The van der Waals surface area contributed by atoms with E-state index in [9.17, 15) is 81.7 Å². The SMILES string of the molecule is OC[C@H]1O[C@@H](Oc2cc3c(O[C@@H]4O[C@H](CO)[C@@H](O)[C@H](O)[C@H]4O)cc(O)c(C4c5c(O)cc(O)cc5OC(c5ccc(O)c(O)c5)C4O)c3[o+]c2-c2ccc(O)c(O)c2)[C@H](O)[C@@H](O)[C@@H]1O. The van der Waals surface area contributed by atoms with Gasteiger partial charge in [-0.05, 0) is 29.8 Å². The molecule has 22 heteroatoms. The van der Waals surface area contributed by atoms with Crippen molar-refractivity contribution < 1.29 is 110 Å². The minimum absolute atomic E-state index is 0.0556. The Bertz CT molecular complexity index is 2550. The van der Waals surface area contributed by atoms with E-state index in [0.717, 1.165) is 48.5 Å². The van der Waals surface area contributed by atoms with E-state index in [1.54, 1.807) is 0 Å². The van der Waals surface area contributed by atoms with E-state index in [1.807, 2.05) is 0 Å². The van der Waals surface area contributed by atoms with E-state index in [-0.39, 0.29) is 33.4 Å². The minimum Gasteiger partial charge on any atom is -0.508 e. The molecule has 0 saturated carbocycles. The number of rotatable bonds is 9. The minimum atomic E-state index is -2.01. The first kappa shape index (κ1) is 44.5. The van der Waals surface area contributed by atoms with Gasteiger partial charge in [-0.1, -0.05) is 6.07 Å². The van der Waals surface area contributed by atoms with Crippen LogP contribution in [-0.2, 0) is 9.47 Å². The first-order valence-electron chi connectivity index (χ1n) is 19.5. The lowest BCUT2D eigenvalue weighted by Gasteiger charge is -2.40. The van der Waals surface area contributed by atoms with Crippen LogP contribution in [0.3, 0.4) is 0 Å². The largest absolute Gasteiger partial charge is 0.508 e. The average molecular weight is 900 g/mol. The molecule has 0 spiro atoms. The predicted octanol–water partition coefficient (Wildman–Crippen LogP) is -0.696. The van der Waals surface area contributed by atoms with Crippen LogP contribution in [0.1, 0.15) is 28.7 Å². The molecule has 64 heavy (non-hydrogen) atoms. The van der Waals surface area contributed by atoms with Crippen molar-refractivity contribution in [1.82, 2.24) is 0 Å². The number of ether oxygens (including phenoxy) is 5. The van der Waals surface area contributed by atoms with Crippen LogP contribution in [-0.4, -0.2) is 162 Å². The molecule has 342 valence electrons. The molecule has 3 aliphatic rings. The maximum Gasteiger partial charge on any atom is 0.402 e. The second kappa shape index (κ2) is 17.1. The molecule has 5 aromatic rings. The van der Waals surface area contributed by atoms with Crippen LogP contribution in [0.4, 0.5) is 0 Å². The summed E-state index contributed by atoms with van der Waals surface area (Å²) in [6.07, 6.45) is -21.6. The number of aliphatic hydroxyl groups is 9. The summed E-state index contributed by atoms with van der Waals surface area (Å²) in [6, 6.07) is 10.8. The Balaban J connectivity index is 1.40. The first-order valence-corrected chi connectivity index (χ1v) is 19.5. The van der Waals surface area contributed by atoms with E-state index >= 15 is 0 Å². The monoisotopic (exact) mass is 899 g/mol.